The van der Waals surface area contributed by atoms with Crippen LogP contribution in [0.25, 0.3) is 17.2 Å². The van der Waals surface area contributed by atoms with Gasteiger partial charge in [0.2, 0.25) is 5.71 Å². The third-order valence-electron chi connectivity index (χ3n) is 2.74. The first-order valence-corrected chi connectivity index (χ1v) is 5.66. The van der Waals surface area contributed by atoms with Gasteiger partial charge >= 0.3 is 0 Å². The zero-order valence-electron chi connectivity index (χ0n) is 10.1. The molecule has 1 N–H and O–H groups in total. The fraction of sp³-hybridized carbons (Fsp3) is 0.0769. The SMILES string of the molecule is CNC(=O)c1coc2nc3c(cc12)=CC=NC=CN=3. The van der Waals surface area contributed by atoms with Crippen LogP contribution in [-0.2, 0) is 0 Å². The van der Waals surface area contributed by atoms with Crippen LogP contribution >= 0.6 is 0 Å². The van der Waals surface area contributed by atoms with Gasteiger partial charge < -0.3 is 9.73 Å². The topological polar surface area (TPSA) is 79.9 Å². The lowest BCUT2D eigenvalue weighted by molar-refractivity contribution is 0.0964. The summed E-state index contributed by atoms with van der Waals surface area (Å²) in [6, 6.07) is 1.82. The summed E-state index contributed by atoms with van der Waals surface area (Å²) in [5, 5.41) is 4.00. The predicted molar refractivity (Wildman–Crippen MR) is 70.3 cm³/mol. The summed E-state index contributed by atoms with van der Waals surface area (Å²) in [7, 11) is 1.57. The lowest BCUT2D eigenvalue weighted by Gasteiger charge is -1.96. The number of rotatable bonds is 1. The van der Waals surface area contributed by atoms with Crippen LogP contribution in [0.15, 0.2) is 39.1 Å². The number of carbonyl (C=O) groups is 1. The molecule has 3 heterocycles. The maximum Gasteiger partial charge on any atom is 0.254 e. The van der Waals surface area contributed by atoms with E-state index in [9.17, 15) is 4.79 Å². The number of furan rings is 1. The summed E-state index contributed by atoms with van der Waals surface area (Å²) in [5.41, 5.74) is 1.38. The Bertz CT molecular complexity index is 830. The number of carbonyl (C=O) groups excluding carboxylic acids is 1. The van der Waals surface area contributed by atoms with Crippen LogP contribution in [0.3, 0.4) is 0 Å². The van der Waals surface area contributed by atoms with Crippen molar-refractivity contribution in [3.63, 3.8) is 0 Å². The zero-order chi connectivity index (χ0) is 13.2. The first-order chi connectivity index (χ1) is 9.29. The highest BCUT2D eigenvalue weighted by atomic mass is 16.3. The molecular weight excluding hydrogens is 244 g/mol. The summed E-state index contributed by atoms with van der Waals surface area (Å²) >= 11 is 0. The van der Waals surface area contributed by atoms with E-state index in [-0.39, 0.29) is 5.91 Å². The number of pyridine rings is 1. The number of aromatic nitrogens is 1. The fourth-order valence-electron chi connectivity index (χ4n) is 1.82. The molecule has 1 amide bonds. The Morgan fingerprint density at radius 1 is 1.37 bits per heavy atom. The van der Waals surface area contributed by atoms with E-state index in [0.29, 0.717) is 22.2 Å². The molecule has 0 unspecified atom stereocenters. The number of nitrogens with zero attached hydrogens (tertiary/aromatic N) is 3. The fourth-order valence-corrected chi connectivity index (χ4v) is 1.82. The molecule has 94 valence electrons. The standard InChI is InChI=1S/C13H10N4O2/c1-14-12(18)10-7-19-13-9(10)6-8-2-3-15-4-5-16-11(8)17-13/h2-7H,1H3,(H,14,18). The van der Waals surface area contributed by atoms with Crippen LogP contribution in [0.1, 0.15) is 10.4 Å². The third kappa shape index (κ3) is 1.93. The molecule has 0 bridgehead atoms. The molecule has 0 spiro atoms. The monoisotopic (exact) mass is 254 g/mol. The maximum absolute atomic E-state index is 11.7. The summed E-state index contributed by atoms with van der Waals surface area (Å²) in [4.78, 5) is 24.2. The van der Waals surface area contributed by atoms with Gasteiger partial charge in [-0.15, -0.1) is 0 Å². The summed E-state index contributed by atoms with van der Waals surface area (Å²) < 4.78 is 5.31. The van der Waals surface area contributed by atoms with Crippen molar-refractivity contribution in [2.75, 3.05) is 7.05 Å². The average molecular weight is 254 g/mol. The summed E-state index contributed by atoms with van der Waals surface area (Å²) in [6.45, 7) is 0. The molecule has 0 radical (unpaired) electrons. The number of amides is 1. The van der Waals surface area contributed by atoms with Gasteiger partial charge in [0.25, 0.3) is 5.91 Å². The number of hydrogen-bond acceptors (Lipinski definition) is 5. The van der Waals surface area contributed by atoms with Crippen LogP contribution in [0.5, 0.6) is 0 Å². The van der Waals surface area contributed by atoms with Crippen LogP contribution < -0.4 is 16.0 Å². The molecule has 1 aliphatic rings. The highest BCUT2D eigenvalue weighted by Gasteiger charge is 2.13. The molecule has 2 aromatic heterocycles. The van der Waals surface area contributed by atoms with E-state index < -0.39 is 0 Å². The van der Waals surface area contributed by atoms with Gasteiger partial charge in [-0.1, -0.05) is 0 Å². The Hall–Kier alpha value is -2.76. The largest absolute Gasteiger partial charge is 0.445 e. The molecule has 0 aromatic carbocycles. The predicted octanol–water partition coefficient (Wildman–Crippen LogP) is 0.143. The van der Waals surface area contributed by atoms with Crippen LogP contribution in [0.2, 0.25) is 0 Å². The Kier molecular flexibility index (Phi) is 2.68. The van der Waals surface area contributed by atoms with E-state index in [1.807, 2.05) is 6.07 Å². The third-order valence-corrected chi connectivity index (χ3v) is 2.74. The first-order valence-electron chi connectivity index (χ1n) is 5.66. The number of aliphatic imine (C=N–C) groups is 1. The van der Waals surface area contributed by atoms with Gasteiger partial charge in [-0.3, -0.25) is 9.79 Å². The number of hydrogen-bond donors (Lipinski definition) is 1. The lowest BCUT2D eigenvalue weighted by Crippen LogP contribution is -2.28. The zero-order valence-corrected chi connectivity index (χ0v) is 10.1. The number of nitrogens with one attached hydrogen (secondary N) is 1. The molecule has 0 aliphatic carbocycles. The second-order valence-electron chi connectivity index (χ2n) is 3.87. The van der Waals surface area contributed by atoms with Gasteiger partial charge in [0.05, 0.1) is 10.9 Å². The smallest absolute Gasteiger partial charge is 0.254 e. The molecule has 0 saturated carbocycles. The number of fused-ring (bicyclic) bond motifs is 2. The Morgan fingerprint density at radius 2 is 2.26 bits per heavy atom. The lowest BCUT2D eigenvalue weighted by atomic mass is 10.2. The highest BCUT2D eigenvalue weighted by molar-refractivity contribution is 6.05. The van der Waals surface area contributed by atoms with E-state index >= 15 is 0 Å². The van der Waals surface area contributed by atoms with Gasteiger partial charge in [0, 0.05) is 30.9 Å². The molecule has 6 heteroatoms. The average Bonchev–Trinajstić information content (AvgIpc) is 2.80. The minimum absolute atomic E-state index is 0.211. The van der Waals surface area contributed by atoms with Crippen LogP contribution in [0, 0.1) is 0 Å². The van der Waals surface area contributed by atoms with Crippen molar-refractivity contribution in [2.45, 2.75) is 0 Å². The van der Waals surface area contributed by atoms with Gasteiger partial charge in [-0.05, 0) is 12.1 Å². The molecule has 19 heavy (non-hydrogen) atoms. The Labute approximate surface area is 107 Å². The molecular formula is C13H10N4O2. The molecule has 6 nitrogen and oxygen atoms in total. The van der Waals surface area contributed by atoms with E-state index in [1.54, 1.807) is 31.7 Å². The van der Waals surface area contributed by atoms with Crippen molar-refractivity contribution in [1.82, 2.24) is 10.3 Å². The van der Waals surface area contributed by atoms with E-state index in [0.717, 1.165) is 5.22 Å². The second kappa shape index (κ2) is 4.49. The van der Waals surface area contributed by atoms with Crippen molar-refractivity contribution in [2.24, 2.45) is 9.98 Å². The van der Waals surface area contributed by atoms with Crippen molar-refractivity contribution in [3.05, 3.63) is 41.0 Å². The molecule has 0 saturated heterocycles. The van der Waals surface area contributed by atoms with Gasteiger partial charge in [0.1, 0.15) is 6.26 Å². The van der Waals surface area contributed by atoms with Crippen molar-refractivity contribution in [1.29, 1.82) is 0 Å². The van der Waals surface area contributed by atoms with Gasteiger partial charge in [-0.2, -0.15) is 4.98 Å². The van der Waals surface area contributed by atoms with E-state index in [1.165, 1.54) is 6.26 Å². The highest BCUT2D eigenvalue weighted by Crippen LogP contribution is 2.16. The second-order valence-corrected chi connectivity index (χ2v) is 3.87. The van der Waals surface area contributed by atoms with E-state index in [4.69, 9.17) is 4.42 Å². The quantitative estimate of drug-likeness (QED) is 0.786. The van der Waals surface area contributed by atoms with Crippen molar-refractivity contribution < 1.29 is 9.21 Å². The summed E-state index contributed by atoms with van der Waals surface area (Å²) in [6.07, 6.45) is 7.97. The molecule has 0 fully saturated rings. The first kappa shape index (κ1) is 11.3. The van der Waals surface area contributed by atoms with Gasteiger partial charge in [0.15, 0.2) is 5.49 Å². The van der Waals surface area contributed by atoms with Crippen LogP contribution in [0.4, 0.5) is 0 Å². The minimum Gasteiger partial charge on any atom is -0.445 e. The minimum atomic E-state index is -0.211. The van der Waals surface area contributed by atoms with Crippen LogP contribution in [-0.4, -0.2) is 24.2 Å². The maximum atomic E-state index is 11.7. The van der Waals surface area contributed by atoms with Gasteiger partial charge in [-0.25, -0.2) is 4.99 Å². The van der Waals surface area contributed by atoms with Crippen molar-refractivity contribution >= 4 is 29.3 Å². The van der Waals surface area contributed by atoms with E-state index in [2.05, 4.69) is 20.3 Å². The summed E-state index contributed by atoms with van der Waals surface area (Å²) in [5.74, 6) is -0.211. The molecule has 1 aliphatic heterocycles. The van der Waals surface area contributed by atoms with Crippen molar-refractivity contribution in [3.8, 4) is 0 Å². The molecule has 0 atom stereocenters. The normalized spacial score (nSPS) is 13.1. The Morgan fingerprint density at radius 3 is 3.11 bits per heavy atom. The Balaban J connectivity index is 2.35. The molecule has 2 aromatic rings. The molecule has 3 rings (SSSR count).